The zero-order valence-electron chi connectivity index (χ0n) is 19.8. The van der Waals surface area contributed by atoms with E-state index in [1.54, 1.807) is 6.07 Å². The molecule has 2 heterocycles. The maximum absolute atomic E-state index is 13.8. The van der Waals surface area contributed by atoms with Gasteiger partial charge in [-0.25, -0.2) is 4.39 Å². The van der Waals surface area contributed by atoms with Gasteiger partial charge in [0.25, 0.3) is 0 Å². The normalized spacial score (nSPS) is 15.1. The SMILES string of the molecule is C/C(=C(/c1ccc(OCCN2CC(CF)C2)cc1)c1[nH]c2ccccc2c1Cl)c1ccc(F)cc1Cl. The molecule has 0 spiro atoms. The summed E-state index contributed by atoms with van der Waals surface area (Å²) >= 11 is 13.3. The van der Waals surface area contributed by atoms with Crippen LogP contribution in [0.25, 0.3) is 22.0 Å². The van der Waals surface area contributed by atoms with E-state index in [0.717, 1.165) is 64.3 Å². The molecule has 7 heteroatoms. The van der Waals surface area contributed by atoms with Gasteiger partial charge in [-0.15, -0.1) is 0 Å². The monoisotopic (exact) mass is 526 g/mol. The number of H-pyrrole nitrogens is 1. The number of para-hydroxylation sites is 1. The number of nitrogens with one attached hydrogen (secondary N) is 1. The van der Waals surface area contributed by atoms with Gasteiger partial charge in [-0.2, -0.15) is 0 Å². The molecule has 0 radical (unpaired) electrons. The second-order valence-corrected chi connectivity index (χ2v) is 9.92. The molecule has 0 unspecified atom stereocenters. The number of ether oxygens (including phenoxy) is 1. The number of alkyl halides is 1. The number of nitrogens with zero attached hydrogens (tertiary/aromatic N) is 1. The lowest BCUT2D eigenvalue weighted by Gasteiger charge is -2.37. The van der Waals surface area contributed by atoms with E-state index in [4.69, 9.17) is 27.9 Å². The lowest BCUT2D eigenvalue weighted by Crippen LogP contribution is -2.49. The summed E-state index contributed by atoms with van der Waals surface area (Å²) in [5.74, 6) is 0.534. The smallest absolute Gasteiger partial charge is 0.124 e. The molecule has 1 aliphatic rings. The molecule has 0 bridgehead atoms. The highest BCUT2D eigenvalue weighted by atomic mass is 35.5. The Bertz CT molecular complexity index is 1410. The highest BCUT2D eigenvalue weighted by Gasteiger charge is 2.26. The molecular formula is C29H26Cl2F2N2O. The van der Waals surface area contributed by atoms with Crippen molar-refractivity contribution >= 4 is 45.3 Å². The van der Waals surface area contributed by atoms with Crippen LogP contribution in [0, 0.1) is 11.7 Å². The number of benzene rings is 3. The summed E-state index contributed by atoms with van der Waals surface area (Å²) in [4.78, 5) is 5.64. The molecule has 3 nitrogen and oxygen atoms in total. The standard InChI is InChI=1S/C29H26Cl2F2N2O/c1-18(23-11-8-21(33)14-25(23)30)27(29-28(31)24-4-2-3-5-26(24)34-29)20-6-9-22(10-7-20)36-13-12-35-16-19(15-32)17-35/h2-11,14,19,34H,12-13,15-17H2,1H3/b27-18+. The van der Waals surface area contributed by atoms with Gasteiger partial charge in [-0.05, 0) is 54.0 Å². The minimum Gasteiger partial charge on any atom is -0.492 e. The third kappa shape index (κ3) is 5.01. The Balaban J connectivity index is 1.47. The van der Waals surface area contributed by atoms with Gasteiger partial charge in [-0.1, -0.05) is 59.6 Å². The van der Waals surface area contributed by atoms with Gasteiger partial charge >= 0.3 is 0 Å². The minimum atomic E-state index is -0.387. The van der Waals surface area contributed by atoms with Crippen molar-refractivity contribution in [2.45, 2.75) is 6.92 Å². The van der Waals surface area contributed by atoms with E-state index in [2.05, 4.69) is 9.88 Å². The van der Waals surface area contributed by atoms with E-state index >= 15 is 0 Å². The molecule has 186 valence electrons. The van der Waals surface area contributed by atoms with Crippen molar-refractivity contribution in [3.8, 4) is 5.75 Å². The predicted molar refractivity (Wildman–Crippen MR) is 144 cm³/mol. The van der Waals surface area contributed by atoms with E-state index in [1.807, 2.05) is 55.5 Å². The van der Waals surface area contributed by atoms with Crippen molar-refractivity contribution in [3.05, 3.63) is 99.4 Å². The molecule has 5 rings (SSSR count). The fraction of sp³-hybridized carbons (Fsp3) is 0.241. The Hall–Kier alpha value is -2.86. The molecule has 1 saturated heterocycles. The molecule has 4 aromatic rings. The molecule has 0 saturated carbocycles. The Kier molecular flexibility index (Phi) is 7.33. The summed E-state index contributed by atoms with van der Waals surface area (Å²) in [6.45, 7) is 4.61. The number of likely N-dealkylation sites (tertiary alicyclic amines) is 1. The lowest BCUT2D eigenvalue weighted by atomic mass is 9.93. The molecule has 0 aliphatic carbocycles. The Morgan fingerprint density at radius 1 is 1.06 bits per heavy atom. The molecule has 36 heavy (non-hydrogen) atoms. The Morgan fingerprint density at radius 3 is 2.50 bits per heavy atom. The van der Waals surface area contributed by atoms with Crippen LogP contribution in [0.2, 0.25) is 10.0 Å². The summed E-state index contributed by atoms with van der Waals surface area (Å²) < 4.78 is 32.3. The first-order chi connectivity index (χ1) is 17.4. The number of rotatable bonds is 8. The molecular weight excluding hydrogens is 501 g/mol. The molecule has 0 atom stereocenters. The maximum atomic E-state index is 13.8. The first-order valence-corrected chi connectivity index (χ1v) is 12.6. The van der Waals surface area contributed by atoms with Crippen molar-refractivity contribution in [1.82, 2.24) is 9.88 Å². The van der Waals surface area contributed by atoms with Crippen molar-refractivity contribution in [2.75, 3.05) is 32.9 Å². The van der Waals surface area contributed by atoms with Gasteiger partial charge < -0.3 is 9.72 Å². The van der Waals surface area contributed by atoms with Crippen LogP contribution in [0.15, 0.2) is 66.7 Å². The zero-order chi connectivity index (χ0) is 25.2. The van der Waals surface area contributed by atoms with Gasteiger partial charge in [-0.3, -0.25) is 9.29 Å². The number of aromatic nitrogens is 1. The molecule has 0 amide bonds. The molecule has 3 aromatic carbocycles. The van der Waals surface area contributed by atoms with Crippen LogP contribution in [-0.4, -0.2) is 42.8 Å². The summed E-state index contributed by atoms with van der Waals surface area (Å²) in [6.07, 6.45) is 0. The second kappa shape index (κ2) is 10.6. The van der Waals surface area contributed by atoms with Gasteiger partial charge in [0.1, 0.15) is 18.2 Å². The first-order valence-electron chi connectivity index (χ1n) is 11.9. The fourth-order valence-electron chi connectivity index (χ4n) is 4.72. The molecule has 1 aromatic heterocycles. The van der Waals surface area contributed by atoms with E-state index in [0.29, 0.717) is 16.7 Å². The Labute approximate surface area is 219 Å². The number of aromatic amines is 1. The minimum absolute atomic E-state index is 0.170. The number of fused-ring (bicyclic) bond motifs is 1. The maximum Gasteiger partial charge on any atom is 0.124 e. The molecule has 1 fully saturated rings. The zero-order valence-corrected chi connectivity index (χ0v) is 21.3. The van der Waals surface area contributed by atoms with E-state index in [9.17, 15) is 8.78 Å². The van der Waals surface area contributed by atoms with Crippen molar-refractivity contribution in [1.29, 1.82) is 0 Å². The highest BCUT2D eigenvalue weighted by Crippen LogP contribution is 2.40. The largest absolute Gasteiger partial charge is 0.492 e. The average Bonchev–Trinajstić information content (AvgIpc) is 3.17. The summed E-state index contributed by atoms with van der Waals surface area (Å²) in [6, 6.07) is 20.1. The van der Waals surface area contributed by atoms with Gasteiger partial charge in [0, 0.05) is 42.0 Å². The second-order valence-electron chi connectivity index (χ2n) is 9.14. The summed E-state index contributed by atoms with van der Waals surface area (Å²) in [5.41, 5.74) is 5.07. The van der Waals surface area contributed by atoms with Crippen LogP contribution in [0.1, 0.15) is 23.7 Å². The van der Waals surface area contributed by atoms with E-state index in [-0.39, 0.29) is 18.4 Å². The quantitative estimate of drug-likeness (QED) is 0.236. The predicted octanol–water partition coefficient (Wildman–Crippen LogP) is 7.87. The Morgan fingerprint density at radius 2 is 1.81 bits per heavy atom. The van der Waals surface area contributed by atoms with Crippen LogP contribution >= 0.6 is 23.2 Å². The number of hydrogen-bond donors (Lipinski definition) is 1. The summed E-state index contributed by atoms with van der Waals surface area (Å²) in [7, 11) is 0. The topological polar surface area (TPSA) is 28.3 Å². The number of allylic oxidation sites excluding steroid dienone is 1. The lowest BCUT2D eigenvalue weighted by molar-refractivity contribution is 0.0668. The van der Waals surface area contributed by atoms with Gasteiger partial charge in [0.15, 0.2) is 0 Å². The highest BCUT2D eigenvalue weighted by molar-refractivity contribution is 6.38. The average molecular weight is 527 g/mol. The fourth-order valence-corrected chi connectivity index (χ4v) is 5.34. The third-order valence-corrected chi connectivity index (χ3v) is 7.38. The summed E-state index contributed by atoms with van der Waals surface area (Å²) in [5, 5.41) is 1.86. The third-order valence-electron chi connectivity index (χ3n) is 6.67. The van der Waals surface area contributed by atoms with Crippen LogP contribution in [0.5, 0.6) is 5.75 Å². The van der Waals surface area contributed by atoms with E-state index < -0.39 is 0 Å². The van der Waals surface area contributed by atoms with Crippen LogP contribution < -0.4 is 4.74 Å². The molecule has 1 aliphatic heterocycles. The van der Waals surface area contributed by atoms with Crippen LogP contribution in [0.4, 0.5) is 8.78 Å². The van der Waals surface area contributed by atoms with Crippen molar-refractivity contribution < 1.29 is 13.5 Å². The van der Waals surface area contributed by atoms with Crippen molar-refractivity contribution in [3.63, 3.8) is 0 Å². The van der Waals surface area contributed by atoms with Gasteiger partial charge in [0.2, 0.25) is 0 Å². The van der Waals surface area contributed by atoms with Gasteiger partial charge in [0.05, 0.1) is 22.4 Å². The molecule has 1 N–H and O–H groups in total. The van der Waals surface area contributed by atoms with Crippen LogP contribution in [-0.2, 0) is 0 Å². The van der Waals surface area contributed by atoms with Crippen LogP contribution in [0.3, 0.4) is 0 Å². The number of halogens is 4. The van der Waals surface area contributed by atoms with Crippen molar-refractivity contribution in [2.24, 2.45) is 5.92 Å². The first kappa shape index (κ1) is 24.8. The number of hydrogen-bond acceptors (Lipinski definition) is 2. The van der Waals surface area contributed by atoms with E-state index in [1.165, 1.54) is 12.1 Å².